The van der Waals surface area contributed by atoms with E-state index >= 15 is 0 Å². The molecule has 0 bridgehead atoms. The zero-order valence-electron chi connectivity index (χ0n) is 9.31. The smallest absolute Gasteiger partial charge is 0.183 e. The summed E-state index contributed by atoms with van der Waals surface area (Å²) in [7, 11) is 1.70. The first-order chi connectivity index (χ1) is 5.93. The molecule has 1 fully saturated rings. The molecule has 0 aromatic heterocycles. The third-order valence-electron chi connectivity index (χ3n) is 2.98. The van der Waals surface area contributed by atoms with Crippen LogP contribution in [0.5, 0.6) is 0 Å². The molecule has 0 aromatic carbocycles. The van der Waals surface area contributed by atoms with Crippen molar-refractivity contribution in [3.05, 3.63) is 0 Å². The van der Waals surface area contributed by atoms with E-state index < -0.39 is 5.79 Å². The van der Waals surface area contributed by atoms with Crippen molar-refractivity contribution in [3.63, 3.8) is 0 Å². The zero-order valence-corrected chi connectivity index (χ0v) is 9.31. The van der Waals surface area contributed by atoms with Gasteiger partial charge in [-0.15, -0.1) is 0 Å². The number of hydrogen-bond donors (Lipinski definition) is 1. The SMILES string of the molecule is CO[C@@]1(C)OCC[C@]1(C)NC(C)C. The number of rotatable bonds is 3. The Labute approximate surface area is 80.8 Å². The number of hydrogen-bond acceptors (Lipinski definition) is 3. The van der Waals surface area contributed by atoms with Crippen LogP contribution in [-0.2, 0) is 9.47 Å². The molecule has 0 radical (unpaired) electrons. The summed E-state index contributed by atoms with van der Waals surface area (Å²) in [6.07, 6.45) is 0.996. The van der Waals surface area contributed by atoms with E-state index in [1.165, 1.54) is 0 Å². The van der Waals surface area contributed by atoms with E-state index in [-0.39, 0.29) is 5.54 Å². The topological polar surface area (TPSA) is 30.5 Å². The summed E-state index contributed by atoms with van der Waals surface area (Å²) in [6.45, 7) is 9.19. The predicted molar refractivity (Wildman–Crippen MR) is 52.7 cm³/mol. The van der Waals surface area contributed by atoms with E-state index in [4.69, 9.17) is 9.47 Å². The van der Waals surface area contributed by atoms with Crippen LogP contribution < -0.4 is 5.32 Å². The molecule has 2 atom stereocenters. The molecule has 0 aromatic rings. The molecule has 0 amide bonds. The van der Waals surface area contributed by atoms with E-state index in [1.807, 2.05) is 6.92 Å². The summed E-state index contributed by atoms with van der Waals surface area (Å²) in [4.78, 5) is 0. The van der Waals surface area contributed by atoms with Gasteiger partial charge >= 0.3 is 0 Å². The maximum absolute atomic E-state index is 5.62. The van der Waals surface area contributed by atoms with Gasteiger partial charge in [-0.2, -0.15) is 0 Å². The molecule has 0 aliphatic carbocycles. The van der Waals surface area contributed by atoms with Crippen molar-refractivity contribution in [2.24, 2.45) is 0 Å². The first kappa shape index (κ1) is 11.0. The number of ether oxygens (including phenoxy) is 2. The lowest BCUT2D eigenvalue weighted by molar-refractivity contribution is -0.212. The van der Waals surface area contributed by atoms with Gasteiger partial charge in [0.2, 0.25) is 0 Å². The maximum Gasteiger partial charge on any atom is 0.183 e. The first-order valence-electron chi connectivity index (χ1n) is 4.90. The normalized spacial score (nSPS) is 40.2. The van der Waals surface area contributed by atoms with Crippen molar-refractivity contribution in [1.82, 2.24) is 5.32 Å². The quantitative estimate of drug-likeness (QED) is 0.726. The average molecular weight is 187 g/mol. The fraction of sp³-hybridized carbons (Fsp3) is 1.00. The molecule has 78 valence electrons. The Bertz CT molecular complexity index is 184. The van der Waals surface area contributed by atoms with Crippen molar-refractivity contribution in [3.8, 4) is 0 Å². The Morgan fingerprint density at radius 1 is 1.38 bits per heavy atom. The second kappa shape index (κ2) is 3.56. The molecular formula is C10H21NO2. The third-order valence-corrected chi connectivity index (χ3v) is 2.98. The van der Waals surface area contributed by atoms with Crippen molar-refractivity contribution >= 4 is 0 Å². The van der Waals surface area contributed by atoms with Crippen LogP contribution in [-0.4, -0.2) is 31.1 Å². The van der Waals surface area contributed by atoms with Crippen LogP contribution in [0.4, 0.5) is 0 Å². The monoisotopic (exact) mass is 187 g/mol. The predicted octanol–water partition coefficient (Wildman–Crippen LogP) is 1.53. The van der Waals surface area contributed by atoms with E-state index in [2.05, 4.69) is 26.1 Å². The second-order valence-corrected chi connectivity index (χ2v) is 4.38. The summed E-state index contributed by atoms with van der Waals surface area (Å²) in [6, 6.07) is 0.446. The molecule has 0 saturated carbocycles. The van der Waals surface area contributed by atoms with Crippen LogP contribution in [0.2, 0.25) is 0 Å². The molecule has 1 rings (SSSR count). The molecule has 3 nitrogen and oxygen atoms in total. The molecule has 1 saturated heterocycles. The standard InChI is InChI=1S/C10H21NO2/c1-8(2)11-9(3)6-7-13-10(9,4)12-5/h8,11H,6-7H2,1-5H3/t9-,10-/m0/s1. The van der Waals surface area contributed by atoms with Gasteiger partial charge in [0.15, 0.2) is 5.79 Å². The lowest BCUT2D eigenvalue weighted by Crippen LogP contribution is -2.59. The van der Waals surface area contributed by atoms with Crippen LogP contribution in [0, 0.1) is 0 Å². The lowest BCUT2D eigenvalue weighted by atomic mass is 9.90. The Hall–Kier alpha value is -0.120. The molecule has 0 unspecified atom stereocenters. The fourth-order valence-electron chi connectivity index (χ4n) is 1.96. The van der Waals surface area contributed by atoms with Gasteiger partial charge in [0.25, 0.3) is 0 Å². The highest BCUT2D eigenvalue weighted by atomic mass is 16.7. The first-order valence-corrected chi connectivity index (χ1v) is 4.90. The minimum Gasteiger partial charge on any atom is -0.352 e. The highest BCUT2D eigenvalue weighted by Gasteiger charge is 2.50. The Kier molecular flexibility index (Phi) is 3.00. The summed E-state index contributed by atoms with van der Waals surface area (Å²) in [5.74, 6) is -0.489. The molecule has 1 aliphatic heterocycles. The van der Waals surface area contributed by atoms with E-state index in [1.54, 1.807) is 7.11 Å². The van der Waals surface area contributed by atoms with Crippen molar-refractivity contribution in [2.75, 3.05) is 13.7 Å². The van der Waals surface area contributed by atoms with Gasteiger partial charge in [0.05, 0.1) is 12.1 Å². The van der Waals surface area contributed by atoms with E-state index in [0.717, 1.165) is 13.0 Å². The minimum atomic E-state index is -0.489. The van der Waals surface area contributed by atoms with E-state index in [9.17, 15) is 0 Å². The molecule has 0 spiro atoms. The zero-order chi connectivity index (χ0) is 10.1. The fourth-order valence-corrected chi connectivity index (χ4v) is 1.96. The van der Waals surface area contributed by atoms with Crippen LogP contribution in [0.15, 0.2) is 0 Å². The van der Waals surface area contributed by atoms with Gasteiger partial charge in [-0.3, -0.25) is 0 Å². The molecule has 1 N–H and O–H groups in total. The Morgan fingerprint density at radius 3 is 2.46 bits per heavy atom. The lowest BCUT2D eigenvalue weighted by Gasteiger charge is -2.40. The van der Waals surface area contributed by atoms with Crippen LogP contribution in [0.25, 0.3) is 0 Å². The largest absolute Gasteiger partial charge is 0.352 e. The van der Waals surface area contributed by atoms with Gasteiger partial charge in [0, 0.05) is 13.2 Å². The summed E-state index contributed by atoms with van der Waals surface area (Å²) in [5, 5.41) is 3.51. The highest BCUT2D eigenvalue weighted by molar-refractivity contribution is 5.00. The minimum absolute atomic E-state index is 0.0735. The molecule has 1 aliphatic rings. The highest BCUT2D eigenvalue weighted by Crippen LogP contribution is 2.36. The van der Waals surface area contributed by atoms with E-state index in [0.29, 0.717) is 6.04 Å². The van der Waals surface area contributed by atoms with Gasteiger partial charge in [-0.05, 0) is 20.3 Å². The molecular weight excluding hydrogens is 166 g/mol. The molecule has 3 heteroatoms. The third kappa shape index (κ3) is 1.87. The van der Waals surface area contributed by atoms with Crippen LogP contribution in [0.3, 0.4) is 0 Å². The summed E-state index contributed by atoms with van der Waals surface area (Å²) in [5.41, 5.74) is -0.0735. The second-order valence-electron chi connectivity index (χ2n) is 4.38. The molecule has 13 heavy (non-hydrogen) atoms. The van der Waals surface area contributed by atoms with Crippen molar-refractivity contribution in [1.29, 1.82) is 0 Å². The summed E-state index contributed by atoms with van der Waals surface area (Å²) < 4.78 is 11.1. The average Bonchev–Trinajstić information content (AvgIpc) is 2.28. The van der Waals surface area contributed by atoms with Crippen LogP contribution >= 0.6 is 0 Å². The van der Waals surface area contributed by atoms with Gasteiger partial charge < -0.3 is 14.8 Å². The number of nitrogens with one attached hydrogen (secondary N) is 1. The van der Waals surface area contributed by atoms with Crippen molar-refractivity contribution < 1.29 is 9.47 Å². The Balaban J connectivity index is 2.75. The van der Waals surface area contributed by atoms with Crippen molar-refractivity contribution in [2.45, 2.75) is 51.5 Å². The number of methoxy groups -OCH3 is 1. The maximum atomic E-state index is 5.62. The van der Waals surface area contributed by atoms with Gasteiger partial charge in [0.1, 0.15) is 0 Å². The van der Waals surface area contributed by atoms with Gasteiger partial charge in [-0.25, -0.2) is 0 Å². The van der Waals surface area contributed by atoms with Gasteiger partial charge in [-0.1, -0.05) is 13.8 Å². The van der Waals surface area contributed by atoms with Crippen LogP contribution in [0.1, 0.15) is 34.1 Å². The molecule has 1 heterocycles. The summed E-state index contributed by atoms with van der Waals surface area (Å²) >= 11 is 0. The Morgan fingerprint density at radius 2 is 2.00 bits per heavy atom.